The number of likely N-dealkylation sites (N-methyl/N-ethyl adjacent to an activating group) is 1. The number of likely N-dealkylation sites (tertiary alicyclic amines) is 1. The van der Waals surface area contributed by atoms with Gasteiger partial charge in [-0.2, -0.15) is 0 Å². The van der Waals surface area contributed by atoms with Gasteiger partial charge in [0.25, 0.3) is 0 Å². The molecule has 0 N–H and O–H groups in total. The zero-order valence-electron chi connectivity index (χ0n) is 17.9. The number of hydrogen-bond acceptors (Lipinski definition) is 3. The number of amides is 1. The molecular formula is C24H29Cl3N2O2. The van der Waals surface area contributed by atoms with Gasteiger partial charge in [-0.3, -0.25) is 9.69 Å². The van der Waals surface area contributed by atoms with Crippen LogP contribution in [0.15, 0.2) is 36.4 Å². The molecule has 1 heterocycles. The molecule has 4 rings (SSSR count). The van der Waals surface area contributed by atoms with Gasteiger partial charge in [0, 0.05) is 13.1 Å². The summed E-state index contributed by atoms with van der Waals surface area (Å²) in [5.41, 5.74) is 3.40. The maximum Gasteiger partial charge on any atom is 0.227 e. The van der Waals surface area contributed by atoms with Gasteiger partial charge in [-0.25, -0.2) is 0 Å². The van der Waals surface area contributed by atoms with Gasteiger partial charge in [0.05, 0.1) is 29.6 Å². The lowest BCUT2D eigenvalue weighted by Gasteiger charge is -2.43. The summed E-state index contributed by atoms with van der Waals surface area (Å²) in [4.78, 5) is 17.8. The van der Waals surface area contributed by atoms with E-state index in [0.717, 1.165) is 37.2 Å². The van der Waals surface area contributed by atoms with Gasteiger partial charge < -0.3 is 9.64 Å². The summed E-state index contributed by atoms with van der Waals surface area (Å²) in [5.74, 6) is 0.961. The highest BCUT2D eigenvalue weighted by Gasteiger charge is 2.38. The van der Waals surface area contributed by atoms with Gasteiger partial charge >= 0.3 is 0 Å². The molecule has 1 amide bonds. The molecule has 2 aromatic carbocycles. The maximum absolute atomic E-state index is 13.3. The van der Waals surface area contributed by atoms with Crippen LogP contribution >= 0.6 is 35.6 Å². The lowest BCUT2D eigenvalue weighted by Crippen LogP contribution is -2.48. The Balaban J connectivity index is 0.00000272. The third-order valence-electron chi connectivity index (χ3n) is 6.50. The molecule has 168 valence electrons. The van der Waals surface area contributed by atoms with Crippen LogP contribution in [0.25, 0.3) is 0 Å². The van der Waals surface area contributed by atoms with Crippen LogP contribution in [-0.4, -0.2) is 49.0 Å². The van der Waals surface area contributed by atoms with Crippen LogP contribution in [0.3, 0.4) is 0 Å². The molecule has 0 radical (unpaired) electrons. The van der Waals surface area contributed by atoms with Crippen LogP contribution in [0.1, 0.15) is 42.0 Å². The monoisotopic (exact) mass is 482 g/mol. The topological polar surface area (TPSA) is 32.8 Å². The number of fused-ring (bicyclic) bond motifs is 1. The van der Waals surface area contributed by atoms with Crippen LogP contribution in [0.2, 0.25) is 10.0 Å². The predicted octanol–water partition coefficient (Wildman–Crippen LogP) is 5.58. The van der Waals surface area contributed by atoms with Crippen molar-refractivity contribution in [2.24, 2.45) is 0 Å². The van der Waals surface area contributed by atoms with Gasteiger partial charge in [0.1, 0.15) is 5.75 Å². The average molecular weight is 484 g/mol. The number of benzene rings is 2. The molecule has 1 aliphatic heterocycles. The number of rotatable bonds is 5. The van der Waals surface area contributed by atoms with E-state index in [1.165, 1.54) is 24.0 Å². The second-order valence-electron chi connectivity index (χ2n) is 8.29. The smallest absolute Gasteiger partial charge is 0.227 e. The van der Waals surface area contributed by atoms with Crippen molar-refractivity contribution in [3.63, 3.8) is 0 Å². The lowest BCUT2D eigenvalue weighted by molar-refractivity contribution is -0.133. The first kappa shape index (κ1) is 24.2. The average Bonchev–Trinajstić information content (AvgIpc) is 3.29. The molecule has 0 aromatic heterocycles. The number of nitrogens with zero attached hydrogens (tertiary/aromatic N) is 2. The van der Waals surface area contributed by atoms with Gasteiger partial charge in [-0.05, 0) is 79.7 Å². The van der Waals surface area contributed by atoms with E-state index in [1.807, 2.05) is 24.1 Å². The van der Waals surface area contributed by atoms with E-state index in [-0.39, 0.29) is 24.4 Å². The van der Waals surface area contributed by atoms with E-state index < -0.39 is 0 Å². The fourth-order valence-corrected chi connectivity index (χ4v) is 5.23. The fraction of sp³-hybridized carbons (Fsp3) is 0.458. The zero-order valence-corrected chi connectivity index (χ0v) is 20.3. The van der Waals surface area contributed by atoms with Crippen molar-refractivity contribution in [1.82, 2.24) is 9.80 Å². The highest BCUT2D eigenvalue weighted by Crippen LogP contribution is 2.39. The van der Waals surface area contributed by atoms with Crippen molar-refractivity contribution < 1.29 is 9.53 Å². The molecule has 2 unspecified atom stereocenters. The van der Waals surface area contributed by atoms with Crippen molar-refractivity contribution in [2.45, 2.75) is 44.2 Å². The summed E-state index contributed by atoms with van der Waals surface area (Å²) >= 11 is 12.2. The summed E-state index contributed by atoms with van der Waals surface area (Å²) in [6.45, 7) is 2.23. The van der Waals surface area contributed by atoms with E-state index in [0.29, 0.717) is 22.5 Å². The predicted molar refractivity (Wildman–Crippen MR) is 129 cm³/mol. The standard InChI is InChI=1S/C24H28Cl2N2O2.ClH/c1-27(23(29)14-16-5-9-20(25)21(26)13-16)24-19-8-7-18(30-2)15-17(19)6-10-22(24)28-11-3-4-12-28;/h5,7-9,13,15,22,24H,3-4,6,10-12,14H2,1-2H3;1H. The normalized spacial score (nSPS) is 20.6. The van der Waals surface area contributed by atoms with Crippen LogP contribution in [-0.2, 0) is 17.6 Å². The second kappa shape index (κ2) is 10.4. The first-order valence-electron chi connectivity index (χ1n) is 10.6. The van der Waals surface area contributed by atoms with Crippen LogP contribution in [0, 0.1) is 0 Å². The molecule has 7 heteroatoms. The van der Waals surface area contributed by atoms with E-state index >= 15 is 0 Å². The Morgan fingerprint density at radius 1 is 1.13 bits per heavy atom. The zero-order chi connectivity index (χ0) is 21.3. The molecule has 1 aliphatic carbocycles. The van der Waals surface area contributed by atoms with E-state index in [1.54, 1.807) is 19.2 Å². The summed E-state index contributed by atoms with van der Waals surface area (Å²) in [5, 5.41) is 0.986. The molecule has 0 saturated carbocycles. The molecule has 2 atom stereocenters. The Labute approximate surface area is 200 Å². The Bertz CT molecular complexity index is 931. The molecular weight excluding hydrogens is 455 g/mol. The minimum absolute atomic E-state index is 0. The first-order chi connectivity index (χ1) is 14.5. The molecule has 1 fully saturated rings. The molecule has 4 nitrogen and oxygen atoms in total. The van der Waals surface area contributed by atoms with Gasteiger partial charge in [0.15, 0.2) is 0 Å². The highest BCUT2D eigenvalue weighted by atomic mass is 35.5. The summed E-state index contributed by atoms with van der Waals surface area (Å²) in [6, 6.07) is 12.1. The summed E-state index contributed by atoms with van der Waals surface area (Å²) in [7, 11) is 3.63. The van der Waals surface area contributed by atoms with Gasteiger partial charge in [-0.1, -0.05) is 35.3 Å². The number of carbonyl (C=O) groups is 1. The van der Waals surface area contributed by atoms with Crippen molar-refractivity contribution in [3.05, 3.63) is 63.1 Å². The number of halogens is 3. The minimum Gasteiger partial charge on any atom is -0.497 e. The van der Waals surface area contributed by atoms with Crippen LogP contribution in [0.5, 0.6) is 5.75 Å². The molecule has 1 saturated heterocycles. The first-order valence-corrected chi connectivity index (χ1v) is 11.3. The van der Waals surface area contributed by atoms with E-state index in [4.69, 9.17) is 27.9 Å². The number of hydrogen-bond donors (Lipinski definition) is 0. The Hall–Kier alpha value is -1.46. The number of aryl methyl sites for hydroxylation is 1. The lowest BCUT2D eigenvalue weighted by atomic mass is 9.82. The van der Waals surface area contributed by atoms with E-state index in [9.17, 15) is 4.79 Å². The fourth-order valence-electron chi connectivity index (χ4n) is 4.91. The largest absolute Gasteiger partial charge is 0.497 e. The van der Waals surface area contributed by atoms with Crippen molar-refractivity contribution in [1.29, 1.82) is 0 Å². The summed E-state index contributed by atoms with van der Waals surface area (Å²) < 4.78 is 5.44. The number of methoxy groups -OCH3 is 1. The Morgan fingerprint density at radius 3 is 2.55 bits per heavy atom. The number of carbonyl (C=O) groups excluding carboxylic acids is 1. The quantitative estimate of drug-likeness (QED) is 0.557. The van der Waals surface area contributed by atoms with Crippen molar-refractivity contribution in [3.8, 4) is 5.75 Å². The SMILES string of the molecule is COc1ccc2c(c1)CCC(N1CCCC1)C2N(C)C(=O)Cc1ccc(Cl)c(Cl)c1.Cl. The third kappa shape index (κ3) is 5.14. The van der Waals surface area contributed by atoms with E-state index in [2.05, 4.69) is 17.0 Å². The Morgan fingerprint density at radius 2 is 1.87 bits per heavy atom. The molecule has 2 aliphatic rings. The third-order valence-corrected chi connectivity index (χ3v) is 7.24. The molecule has 0 spiro atoms. The summed E-state index contributed by atoms with van der Waals surface area (Å²) in [6.07, 6.45) is 4.84. The number of ether oxygens (including phenoxy) is 1. The molecule has 31 heavy (non-hydrogen) atoms. The van der Waals surface area contributed by atoms with Crippen molar-refractivity contribution in [2.75, 3.05) is 27.2 Å². The van der Waals surface area contributed by atoms with Crippen LogP contribution in [0.4, 0.5) is 0 Å². The van der Waals surface area contributed by atoms with Gasteiger partial charge in [-0.15, -0.1) is 12.4 Å². The van der Waals surface area contributed by atoms with Crippen molar-refractivity contribution >= 4 is 41.5 Å². The van der Waals surface area contributed by atoms with Gasteiger partial charge in [0.2, 0.25) is 5.91 Å². The Kier molecular flexibility index (Phi) is 8.14. The maximum atomic E-state index is 13.3. The second-order valence-corrected chi connectivity index (χ2v) is 9.10. The molecule has 2 aromatic rings. The van der Waals surface area contributed by atoms with Crippen LogP contribution < -0.4 is 4.74 Å². The minimum atomic E-state index is 0. The molecule has 0 bridgehead atoms. The highest BCUT2D eigenvalue weighted by molar-refractivity contribution is 6.42.